The lowest BCUT2D eigenvalue weighted by Gasteiger charge is -2.12. The fourth-order valence-corrected chi connectivity index (χ4v) is 4.21. The van der Waals surface area contributed by atoms with E-state index in [2.05, 4.69) is 25.6 Å². The van der Waals surface area contributed by atoms with Crippen LogP contribution in [0.3, 0.4) is 0 Å². The monoisotopic (exact) mass is 411 g/mol. The van der Waals surface area contributed by atoms with Gasteiger partial charge in [0.05, 0.1) is 28.6 Å². The molecule has 1 aliphatic rings. The fourth-order valence-electron chi connectivity index (χ4n) is 4.21. The third-order valence-corrected chi connectivity index (χ3v) is 5.91. The Labute approximate surface area is 177 Å². The van der Waals surface area contributed by atoms with E-state index in [0.29, 0.717) is 11.5 Å². The highest BCUT2D eigenvalue weighted by atomic mass is 16.1. The van der Waals surface area contributed by atoms with Crippen molar-refractivity contribution >= 4 is 27.8 Å². The SMILES string of the molecule is CNc1ccc(-n2c(=O)c(-c3ccc4nn(C)cc4c3)cc3n[nH]c(C4CC4)c32)cn1. The predicted octanol–water partition coefficient (Wildman–Crippen LogP) is 3.58. The summed E-state index contributed by atoms with van der Waals surface area (Å²) in [6.07, 6.45) is 5.91. The Morgan fingerprint density at radius 1 is 1.13 bits per heavy atom. The summed E-state index contributed by atoms with van der Waals surface area (Å²) in [6, 6.07) is 11.6. The Morgan fingerprint density at radius 2 is 2.00 bits per heavy atom. The molecule has 0 aliphatic heterocycles. The second kappa shape index (κ2) is 6.53. The topological polar surface area (TPSA) is 93.4 Å². The Morgan fingerprint density at radius 3 is 2.74 bits per heavy atom. The van der Waals surface area contributed by atoms with Crippen molar-refractivity contribution in [3.05, 3.63) is 64.8 Å². The van der Waals surface area contributed by atoms with E-state index in [1.165, 1.54) is 0 Å². The van der Waals surface area contributed by atoms with Crippen molar-refractivity contribution in [3.63, 3.8) is 0 Å². The number of hydrogen-bond acceptors (Lipinski definition) is 5. The van der Waals surface area contributed by atoms with Gasteiger partial charge in [-0.25, -0.2) is 4.98 Å². The highest BCUT2D eigenvalue weighted by Gasteiger charge is 2.30. The maximum Gasteiger partial charge on any atom is 0.263 e. The van der Waals surface area contributed by atoms with Crippen LogP contribution >= 0.6 is 0 Å². The first-order valence-corrected chi connectivity index (χ1v) is 10.3. The molecule has 2 N–H and O–H groups in total. The molecule has 4 aromatic heterocycles. The van der Waals surface area contributed by atoms with Crippen LogP contribution in [0.4, 0.5) is 5.82 Å². The zero-order chi connectivity index (χ0) is 21.1. The highest BCUT2D eigenvalue weighted by Crippen LogP contribution is 2.42. The second-order valence-electron chi connectivity index (χ2n) is 8.07. The lowest BCUT2D eigenvalue weighted by molar-refractivity contribution is 0.780. The number of aromatic amines is 1. The Bertz CT molecular complexity index is 1500. The largest absolute Gasteiger partial charge is 0.373 e. The van der Waals surface area contributed by atoms with Crippen LogP contribution in [0.1, 0.15) is 24.5 Å². The van der Waals surface area contributed by atoms with Gasteiger partial charge in [0, 0.05) is 37.2 Å². The van der Waals surface area contributed by atoms with Gasteiger partial charge in [0.15, 0.2) is 0 Å². The molecule has 154 valence electrons. The Kier molecular flexibility index (Phi) is 3.77. The summed E-state index contributed by atoms with van der Waals surface area (Å²) >= 11 is 0. The highest BCUT2D eigenvalue weighted by molar-refractivity contribution is 5.88. The molecule has 5 aromatic rings. The summed E-state index contributed by atoms with van der Waals surface area (Å²) in [4.78, 5) is 18.3. The molecule has 31 heavy (non-hydrogen) atoms. The van der Waals surface area contributed by atoms with Crippen LogP contribution in [0.2, 0.25) is 0 Å². The minimum absolute atomic E-state index is 0.0851. The molecule has 8 heteroatoms. The molecule has 1 saturated carbocycles. The van der Waals surface area contributed by atoms with Crippen molar-refractivity contribution in [2.45, 2.75) is 18.8 Å². The molecule has 0 radical (unpaired) electrons. The van der Waals surface area contributed by atoms with Crippen molar-refractivity contribution in [2.24, 2.45) is 7.05 Å². The number of aromatic nitrogens is 6. The third-order valence-electron chi connectivity index (χ3n) is 5.91. The van der Waals surface area contributed by atoms with Crippen molar-refractivity contribution in [1.29, 1.82) is 0 Å². The van der Waals surface area contributed by atoms with E-state index in [1.807, 2.05) is 56.7 Å². The molecular formula is C23H21N7O. The third kappa shape index (κ3) is 2.83. The van der Waals surface area contributed by atoms with Gasteiger partial charge in [0.25, 0.3) is 5.56 Å². The average Bonchev–Trinajstić information content (AvgIpc) is 3.43. The molecule has 0 atom stereocenters. The zero-order valence-corrected chi connectivity index (χ0v) is 17.3. The molecule has 1 aromatic carbocycles. The first kappa shape index (κ1) is 17.9. The molecule has 6 rings (SSSR count). The molecule has 1 aliphatic carbocycles. The molecule has 1 fully saturated rings. The summed E-state index contributed by atoms with van der Waals surface area (Å²) in [6.45, 7) is 0. The zero-order valence-electron chi connectivity index (χ0n) is 17.3. The van der Waals surface area contributed by atoms with Gasteiger partial charge in [0.2, 0.25) is 0 Å². The predicted molar refractivity (Wildman–Crippen MR) is 121 cm³/mol. The van der Waals surface area contributed by atoms with Gasteiger partial charge < -0.3 is 5.32 Å². The number of H-pyrrole nitrogens is 1. The lowest BCUT2D eigenvalue weighted by atomic mass is 10.0. The number of nitrogens with zero attached hydrogens (tertiary/aromatic N) is 5. The number of benzene rings is 1. The summed E-state index contributed by atoms with van der Waals surface area (Å²) in [7, 11) is 3.71. The number of pyridine rings is 2. The molecule has 0 amide bonds. The van der Waals surface area contributed by atoms with E-state index in [0.717, 1.165) is 57.5 Å². The second-order valence-corrected chi connectivity index (χ2v) is 8.07. The van der Waals surface area contributed by atoms with Gasteiger partial charge in [-0.1, -0.05) is 6.07 Å². The van der Waals surface area contributed by atoms with Gasteiger partial charge in [-0.3, -0.25) is 19.1 Å². The van der Waals surface area contributed by atoms with E-state index in [-0.39, 0.29) is 5.56 Å². The molecule has 0 saturated heterocycles. The molecule has 0 spiro atoms. The van der Waals surface area contributed by atoms with Gasteiger partial charge in [-0.2, -0.15) is 10.2 Å². The van der Waals surface area contributed by atoms with Gasteiger partial charge >= 0.3 is 0 Å². The Hall–Kier alpha value is -3.94. The van der Waals surface area contributed by atoms with Crippen LogP contribution in [-0.2, 0) is 7.05 Å². The van der Waals surface area contributed by atoms with Crippen molar-refractivity contribution in [1.82, 2.24) is 29.5 Å². The van der Waals surface area contributed by atoms with Crippen LogP contribution < -0.4 is 10.9 Å². The van der Waals surface area contributed by atoms with Crippen LogP contribution in [0.25, 0.3) is 38.8 Å². The van der Waals surface area contributed by atoms with Gasteiger partial charge in [-0.05, 0) is 48.7 Å². The van der Waals surface area contributed by atoms with Crippen molar-refractivity contribution < 1.29 is 0 Å². The standard InChI is InChI=1S/C23H21N7O/c1-24-20-8-6-16(11-25-20)30-22-19(26-27-21(22)13-3-4-13)10-17(23(30)31)14-5-7-18-15(9-14)12-29(2)28-18/h5-13H,3-4H2,1-2H3,(H,24,25)(H,26,27). The number of rotatable bonds is 4. The van der Waals surface area contributed by atoms with Gasteiger partial charge in [0.1, 0.15) is 11.3 Å². The van der Waals surface area contributed by atoms with E-state index in [4.69, 9.17) is 0 Å². The summed E-state index contributed by atoms with van der Waals surface area (Å²) < 4.78 is 3.53. The first-order valence-electron chi connectivity index (χ1n) is 10.3. The average molecular weight is 411 g/mol. The lowest BCUT2D eigenvalue weighted by Crippen LogP contribution is -2.21. The number of nitrogens with one attached hydrogen (secondary N) is 2. The normalized spacial score (nSPS) is 13.9. The Balaban J connectivity index is 1.64. The number of anilines is 1. The van der Waals surface area contributed by atoms with E-state index < -0.39 is 0 Å². The number of hydrogen-bond donors (Lipinski definition) is 2. The van der Waals surface area contributed by atoms with Crippen LogP contribution in [0.15, 0.2) is 53.6 Å². The fraction of sp³-hybridized carbons (Fsp3) is 0.217. The maximum absolute atomic E-state index is 13.8. The van der Waals surface area contributed by atoms with Crippen LogP contribution in [0.5, 0.6) is 0 Å². The number of aryl methyl sites for hydroxylation is 1. The van der Waals surface area contributed by atoms with Crippen molar-refractivity contribution in [2.75, 3.05) is 12.4 Å². The minimum Gasteiger partial charge on any atom is -0.373 e. The molecule has 0 unspecified atom stereocenters. The minimum atomic E-state index is -0.0851. The van der Waals surface area contributed by atoms with Gasteiger partial charge in [-0.15, -0.1) is 0 Å². The molecule has 4 heterocycles. The van der Waals surface area contributed by atoms with Crippen LogP contribution in [-0.4, -0.2) is 36.6 Å². The maximum atomic E-state index is 13.8. The molecular weight excluding hydrogens is 390 g/mol. The molecule has 8 nitrogen and oxygen atoms in total. The smallest absolute Gasteiger partial charge is 0.263 e. The molecule has 0 bridgehead atoms. The first-order chi connectivity index (χ1) is 15.1. The quantitative estimate of drug-likeness (QED) is 0.471. The van der Waals surface area contributed by atoms with Crippen LogP contribution in [0, 0.1) is 0 Å². The number of fused-ring (bicyclic) bond motifs is 2. The summed E-state index contributed by atoms with van der Waals surface area (Å²) in [5, 5.41) is 16.2. The van der Waals surface area contributed by atoms with E-state index in [1.54, 1.807) is 15.4 Å². The van der Waals surface area contributed by atoms with E-state index >= 15 is 0 Å². The van der Waals surface area contributed by atoms with E-state index in [9.17, 15) is 4.79 Å². The summed E-state index contributed by atoms with van der Waals surface area (Å²) in [5.41, 5.74) is 5.63. The summed E-state index contributed by atoms with van der Waals surface area (Å²) in [5.74, 6) is 1.18. The van der Waals surface area contributed by atoms with Crippen molar-refractivity contribution in [3.8, 4) is 16.8 Å².